The first kappa shape index (κ1) is 23.9. The first-order valence-electron chi connectivity index (χ1n) is 12.8. The van der Waals surface area contributed by atoms with Crippen LogP contribution in [0.1, 0.15) is 28.7 Å². The van der Waals surface area contributed by atoms with Crippen molar-refractivity contribution in [1.82, 2.24) is 19.8 Å². The third-order valence-corrected chi connectivity index (χ3v) is 7.12. The summed E-state index contributed by atoms with van der Waals surface area (Å²) in [5.74, 6) is 2.08. The molecule has 3 amide bonds. The largest absolute Gasteiger partial charge is 0.489 e. The highest BCUT2D eigenvalue weighted by molar-refractivity contribution is 6.05. The Morgan fingerprint density at radius 1 is 0.921 bits per heavy atom. The van der Waals surface area contributed by atoms with Gasteiger partial charge in [0.15, 0.2) is 0 Å². The number of carbonyl (C=O) groups excluding carboxylic acids is 2. The summed E-state index contributed by atoms with van der Waals surface area (Å²) >= 11 is 0. The van der Waals surface area contributed by atoms with Crippen molar-refractivity contribution in [3.05, 3.63) is 101 Å². The Bertz CT molecular complexity index is 1480. The zero-order chi connectivity index (χ0) is 26.1. The van der Waals surface area contributed by atoms with Crippen LogP contribution in [0, 0.1) is 0 Å². The van der Waals surface area contributed by atoms with E-state index in [1.54, 1.807) is 11.1 Å². The van der Waals surface area contributed by atoms with Crippen LogP contribution < -0.4 is 15.0 Å². The average molecular weight is 508 g/mol. The van der Waals surface area contributed by atoms with Crippen LogP contribution in [0.2, 0.25) is 0 Å². The molecule has 8 nitrogen and oxygen atoms in total. The third kappa shape index (κ3) is 4.90. The summed E-state index contributed by atoms with van der Waals surface area (Å²) in [7, 11) is 1.90. The Labute approximate surface area is 221 Å². The van der Waals surface area contributed by atoms with Crippen molar-refractivity contribution < 1.29 is 14.3 Å². The number of hydrogen-bond donors (Lipinski definition) is 1. The highest BCUT2D eigenvalue weighted by Gasteiger charge is 2.27. The van der Waals surface area contributed by atoms with Gasteiger partial charge in [0.25, 0.3) is 0 Å². The Morgan fingerprint density at radius 2 is 1.71 bits per heavy atom. The van der Waals surface area contributed by atoms with Crippen molar-refractivity contribution in [2.24, 2.45) is 7.05 Å². The van der Waals surface area contributed by atoms with Gasteiger partial charge >= 0.3 is 6.03 Å². The fourth-order valence-corrected chi connectivity index (χ4v) is 5.11. The van der Waals surface area contributed by atoms with Crippen LogP contribution in [-0.4, -0.2) is 32.9 Å². The van der Waals surface area contributed by atoms with Gasteiger partial charge in [0.2, 0.25) is 5.91 Å². The van der Waals surface area contributed by atoms with Crippen molar-refractivity contribution >= 4 is 17.8 Å². The van der Waals surface area contributed by atoms with Crippen LogP contribution in [-0.2, 0) is 38.1 Å². The summed E-state index contributed by atoms with van der Waals surface area (Å²) in [4.78, 5) is 32.4. The van der Waals surface area contributed by atoms with E-state index in [2.05, 4.69) is 57.7 Å². The van der Waals surface area contributed by atoms with E-state index in [1.165, 1.54) is 16.7 Å². The lowest BCUT2D eigenvalue weighted by Crippen LogP contribution is -2.50. The zero-order valence-electron chi connectivity index (χ0n) is 21.3. The van der Waals surface area contributed by atoms with Crippen molar-refractivity contribution in [2.45, 2.75) is 32.7 Å². The predicted molar refractivity (Wildman–Crippen MR) is 144 cm³/mol. The number of aromatic nitrogens is 2. The molecule has 2 aliphatic heterocycles. The minimum absolute atomic E-state index is 0.246. The molecule has 38 heavy (non-hydrogen) atoms. The van der Waals surface area contributed by atoms with E-state index in [9.17, 15) is 9.59 Å². The second-order valence-electron chi connectivity index (χ2n) is 9.80. The molecule has 0 unspecified atom stereocenters. The van der Waals surface area contributed by atoms with Gasteiger partial charge < -0.3 is 9.30 Å². The summed E-state index contributed by atoms with van der Waals surface area (Å²) in [5, 5.41) is 2.37. The Hall–Kier alpha value is -4.43. The molecule has 0 saturated carbocycles. The van der Waals surface area contributed by atoms with Gasteiger partial charge in [-0.25, -0.2) is 9.78 Å². The quantitative estimate of drug-likeness (QED) is 0.395. The number of rotatable bonds is 7. The summed E-state index contributed by atoms with van der Waals surface area (Å²) in [6.45, 7) is 3.53. The van der Waals surface area contributed by atoms with Gasteiger partial charge in [0.1, 0.15) is 24.0 Å². The van der Waals surface area contributed by atoms with Crippen LogP contribution in [0.5, 0.6) is 5.75 Å². The van der Waals surface area contributed by atoms with Crippen molar-refractivity contribution in [2.75, 3.05) is 11.4 Å². The molecular weight excluding hydrogens is 478 g/mol. The Morgan fingerprint density at radius 3 is 2.50 bits per heavy atom. The molecular formula is C30H29N5O3. The normalized spacial score (nSPS) is 15.4. The Kier molecular flexibility index (Phi) is 6.39. The highest BCUT2D eigenvalue weighted by atomic mass is 16.5. The summed E-state index contributed by atoms with van der Waals surface area (Å²) in [5.41, 5.74) is 6.02. The van der Waals surface area contributed by atoms with E-state index < -0.39 is 6.03 Å². The number of amides is 3. The molecule has 0 atom stereocenters. The van der Waals surface area contributed by atoms with E-state index in [4.69, 9.17) is 4.74 Å². The Balaban J connectivity index is 1.10. The number of anilines is 1. The van der Waals surface area contributed by atoms with Crippen LogP contribution in [0.3, 0.4) is 0 Å². The minimum atomic E-state index is -0.406. The molecule has 3 aromatic carbocycles. The van der Waals surface area contributed by atoms with E-state index in [-0.39, 0.29) is 12.3 Å². The number of ether oxygens (including phenoxy) is 1. The number of urea groups is 1. The molecule has 1 aromatic heterocycles. The van der Waals surface area contributed by atoms with Crippen LogP contribution >= 0.6 is 0 Å². The standard InChI is InChI=1S/C30H29N5O3/c1-33-28(35-14-13-27(36)32-30(35)37)16-31-29(33)23-9-10-24-18-34(19-25(24)15-23)17-21-7-11-26(12-8-21)38-20-22-5-3-2-4-6-22/h2-12,15-16H,13-14,17-20H2,1H3,(H,32,36,37). The molecule has 0 bridgehead atoms. The second-order valence-corrected chi connectivity index (χ2v) is 9.80. The molecule has 192 valence electrons. The van der Waals surface area contributed by atoms with Gasteiger partial charge in [0.05, 0.1) is 6.20 Å². The number of imidazole rings is 1. The summed E-state index contributed by atoms with van der Waals surface area (Å²) in [6.07, 6.45) is 1.97. The lowest BCUT2D eigenvalue weighted by atomic mass is 10.1. The molecule has 0 spiro atoms. The predicted octanol–water partition coefficient (Wildman–Crippen LogP) is 4.63. The summed E-state index contributed by atoms with van der Waals surface area (Å²) < 4.78 is 7.83. The molecule has 3 heterocycles. The van der Waals surface area contributed by atoms with Gasteiger partial charge in [-0.05, 0) is 40.5 Å². The van der Waals surface area contributed by atoms with E-state index >= 15 is 0 Å². The molecule has 8 heteroatoms. The maximum Gasteiger partial charge on any atom is 0.329 e. The maximum atomic E-state index is 12.3. The molecule has 1 N–H and O–H groups in total. The van der Waals surface area contributed by atoms with Crippen molar-refractivity contribution in [3.63, 3.8) is 0 Å². The fraction of sp³-hybridized carbons (Fsp3) is 0.233. The van der Waals surface area contributed by atoms with Gasteiger partial charge in [-0.15, -0.1) is 0 Å². The first-order valence-corrected chi connectivity index (χ1v) is 12.8. The van der Waals surface area contributed by atoms with Gasteiger partial charge in [-0.3, -0.25) is 19.9 Å². The first-order chi connectivity index (χ1) is 18.5. The lowest BCUT2D eigenvalue weighted by molar-refractivity contribution is -0.120. The lowest BCUT2D eigenvalue weighted by Gasteiger charge is -2.26. The number of fused-ring (bicyclic) bond motifs is 1. The van der Waals surface area contributed by atoms with Crippen molar-refractivity contribution in [1.29, 1.82) is 0 Å². The number of imide groups is 1. The molecule has 0 aliphatic carbocycles. The van der Waals surface area contributed by atoms with Crippen LogP contribution in [0.25, 0.3) is 11.4 Å². The SMILES string of the molecule is Cn1c(N2CCC(=O)NC2=O)cnc1-c1ccc2c(c1)CN(Cc1ccc(OCc3ccccc3)cc1)C2. The maximum absolute atomic E-state index is 12.3. The molecule has 2 aliphatic rings. The van der Waals surface area contributed by atoms with Crippen LogP contribution in [0.4, 0.5) is 10.6 Å². The van der Waals surface area contributed by atoms with Gasteiger partial charge in [0, 0.05) is 45.2 Å². The molecule has 1 saturated heterocycles. The number of benzene rings is 3. The number of nitrogens with one attached hydrogen (secondary N) is 1. The molecule has 0 radical (unpaired) electrons. The molecule has 1 fully saturated rings. The van der Waals surface area contributed by atoms with E-state index in [1.807, 2.05) is 41.9 Å². The number of hydrogen-bond acceptors (Lipinski definition) is 5. The minimum Gasteiger partial charge on any atom is -0.489 e. The average Bonchev–Trinajstić information content (AvgIpc) is 3.51. The highest BCUT2D eigenvalue weighted by Crippen LogP contribution is 2.31. The van der Waals surface area contributed by atoms with E-state index in [0.29, 0.717) is 19.0 Å². The smallest absolute Gasteiger partial charge is 0.329 e. The third-order valence-electron chi connectivity index (χ3n) is 7.12. The molecule has 6 rings (SSSR count). The second kappa shape index (κ2) is 10.1. The van der Waals surface area contributed by atoms with Gasteiger partial charge in [-0.1, -0.05) is 54.6 Å². The summed E-state index contributed by atoms with van der Waals surface area (Å²) in [6, 6.07) is 24.6. The molecule has 4 aromatic rings. The monoisotopic (exact) mass is 507 g/mol. The van der Waals surface area contributed by atoms with Gasteiger partial charge in [-0.2, -0.15) is 0 Å². The van der Waals surface area contributed by atoms with Crippen LogP contribution in [0.15, 0.2) is 79.0 Å². The number of carbonyl (C=O) groups is 2. The van der Waals surface area contributed by atoms with Crippen molar-refractivity contribution in [3.8, 4) is 17.1 Å². The zero-order valence-corrected chi connectivity index (χ0v) is 21.3. The number of nitrogens with zero attached hydrogens (tertiary/aromatic N) is 4. The fourth-order valence-electron chi connectivity index (χ4n) is 5.11. The van der Waals surface area contributed by atoms with E-state index in [0.717, 1.165) is 42.3 Å². The topological polar surface area (TPSA) is 79.7 Å².